The van der Waals surface area contributed by atoms with Gasteiger partial charge in [-0.05, 0) is 41.8 Å². The van der Waals surface area contributed by atoms with Crippen molar-refractivity contribution in [3.8, 4) is 0 Å². The summed E-state index contributed by atoms with van der Waals surface area (Å²) < 4.78 is 0. The fraction of sp³-hybridized carbons (Fsp3) is 0.368. The zero-order valence-corrected chi connectivity index (χ0v) is 16.6. The molecule has 4 N–H and O–H groups in total. The Hall–Kier alpha value is -2.87. The van der Waals surface area contributed by atoms with Gasteiger partial charge in [-0.15, -0.1) is 0 Å². The molecule has 1 aliphatic heterocycles. The van der Waals surface area contributed by atoms with Crippen LogP contribution in [0.1, 0.15) is 24.2 Å². The van der Waals surface area contributed by atoms with Gasteiger partial charge in [0.25, 0.3) is 0 Å². The maximum atomic E-state index is 11.4. The number of nitrogens with zero attached hydrogens (tertiary/aromatic N) is 4. The number of nitrogens with two attached hydrogens (primary N) is 1. The number of nitrogens with one attached hydrogen (secondary N) is 2. The second-order valence-corrected chi connectivity index (χ2v) is 7.39. The summed E-state index contributed by atoms with van der Waals surface area (Å²) in [5, 5.41) is 11.9. The van der Waals surface area contributed by atoms with Gasteiger partial charge in [0.2, 0.25) is 11.2 Å². The van der Waals surface area contributed by atoms with Crippen molar-refractivity contribution in [3.63, 3.8) is 0 Å². The predicted molar refractivity (Wildman–Crippen MR) is 111 cm³/mol. The molecule has 1 atom stereocenters. The Morgan fingerprint density at radius 1 is 1.36 bits per heavy atom. The van der Waals surface area contributed by atoms with E-state index < -0.39 is 5.91 Å². The first-order valence-corrected chi connectivity index (χ1v) is 9.48. The third-order valence-electron chi connectivity index (χ3n) is 4.82. The number of hydrogen-bond acceptors (Lipinski definition) is 5. The molecule has 8 nitrogen and oxygen atoms in total. The predicted octanol–water partition coefficient (Wildman–Crippen LogP) is 2.42. The summed E-state index contributed by atoms with van der Waals surface area (Å²) in [5.74, 6) is 0.909. The lowest BCUT2D eigenvalue weighted by Gasteiger charge is -2.44. The topological polar surface area (TPSA) is 111 Å². The van der Waals surface area contributed by atoms with Gasteiger partial charge in [0, 0.05) is 37.1 Å². The van der Waals surface area contributed by atoms with E-state index in [1.165, 1.54) is 0 Å². The number of piperazine rings is 1. The van der Waals surface area contributed by atoms with E-state index in [4.69, 9.17) is 22.7 Å². The molecule has 9 heteroatoms. The van der Waals surface area contributed by atoms with Crippen LogP contribution in [0.5, 0.6) is 0 Å². The van der Waals surface area contributed by atoms with Crippen molar-refractivity contribution in [1.82, 2.24) is 14.9 Å². The molecule has 0 radical (unpaired) electrons. The second kappa shape index (κ2) is 8.43. The molecule has 1 aromatic heterocycles. The van der Waals surface area contributed by atoms with Crippen molar-refractivity contribution < 1.29 is 4.79 Å². The molecule has 1 fully saturated rings. The number of amides is 1. The zero-order chi connectivity index (χ0) is 20.3. The van der Waals surface area contributed by atoms with Crippen LogP contribution in [-0.4, -0.2) is 52.4 Å². The normalized spacial score (nSPS) is 16.9. The molecular weight excluding hydrogens is 378 g/mol. The third kappa shape index (κ3) is 4.51. The van der Waals surface area contributed by atoms with E-state index in [-0.39, 0.29) is 11.3 Å². The van der Waals surface area contributed by atoms with Gasteiger partial charge in [0.15, 0.2) is 5.96 Å². The minimum Gasteiger partial charge on any atom is -0.366 e. The standard InChI is InChI=1S/C19H24ClN7O/c1-12(2)15-11-26(16-6-7-23-18(20)25-16)8-9-27(15)19(22)24-14-5-3-4-13(10-14)17(21)28/h3-7,10,12,15H,8-9,11H2,1-2H3,(H2,21,28)(H2,22,24). The molecule has 1 unspecified atom stereocenters. The van der Waals surface area contributed by atoms with Gasteiger partial charge >= 0.3 is 0 Å². The molecule has 0 bridgehead atoms. The van der Waals surface area contributed by atoms with Crippen LogP contribution >= 0.6 is 11.6 Å². The van der Waals surface area contributed by atoms with Gasteiger partial charge in [0.05, 0.1) is 6.04 Å². The summed E-state index contributed by atoms with van der Waals surface area (Å²) in [6.07, 6.45) is 1.65. The number of guanidine groups is 1. The third-order valence-corrected chi connectivity index (χ3v) is 5.00. The Balaban J connectivity index is 1.73. The summed E-state index contributed by atoms with van der Waals surface area (Å²) in [7, 11) is 0. The molecule has 28 heavy (non-hydrogen) atoms. The maximum absolute atomic E-state index is 11.4. The van der Waals surface area contributed by atoms with E-state index in [9.17, 15) is 4.79 Å². The highest BCUT2D eigenvalue weighted by atomic mass is 35.5. The summed E-state index contributed by atoms with van der Waals surface area (Å²) >= 11 is 5.93. The number of carbonyl (C=O) groups excluding carboxylic acids is 1. The number of anilines is 2. The van der Waals surface area contributed by atoms with Crippen molar-refractivity contribution in [2.24, 2.45) is 11.7 Å². The number of aromatic nitrogens is 2. The molecule has 3 rings (SSSR count). The largest absolute Gasteiger partial charge is 0.366 e. The minimum absolute atomic E-state index is 0.113. The lowest BCUT2D eigenvalue weighted by molar-refractivity contribution is 0.100. The van der Waals surface area contributed by atoms with Gasteiger partial charge in [0.1, 0.15) is 5.82 Å². The van der Waals surface area contributed by atoms with Gasteiger partial charge in [-0.3, -0.25) is 10.2 Å². The van der Waals surface area contributed by atoms with Gasteiger partial charge in [-0.2, -0.15) is 0 Å². The minimum atomic E-state index is -0.493. The van der Waals surface area contributed by atoms with Crippen molar-refractivity contribution in [3.05, 3.63) is 47.4 Å². The van der Waals surface area contributed by atoms with Gasteiger partial charge < -0.3 is 20.9 Å². The number of rotatable bonds is 4. The summed E-state index contributed by atoms with van der Waals surface area (Å²) in [4.78, 5) is 23.8. The Labute approximate surface area is 169 Å². The Kier molecular flexibility index (Phi) is 5.99. The van der Waals surface area contributed by atoms with Crippen molar-refractivity contribution >= 4 is 35.0 Å². The van der Waals surface area contributed by atoms with Crippen LogP contribution in [0, 0.1) is 11.3 Å². The SMILES string of the molecule is CC(C)C1CN(c2ccnc(Cl)n2)CCN1C(=N)Nc1cccc(C(N)=O)c1. The fourth-order valence-electron chi connectivity index (χ4n) is 3.33. The molecule has 0 aliphatic carbocycles. The first-order valence-electron chi connectivity index (χ1n) is 9.10. The Morgan fingerprint density at radius 3 is 2.82 bits per heavy atom. The first-order chi connectivity index (χ1) is 13.3. The highest BCUT2D eigenvalue weighted by Crippen LogP contribution is 2.23. The molecule has 0 spiro atoms. The smallest absolute Gasteiger partial charge is 0.248 e. The molecule has 148 valence electrons. The number of carbonyl (C=O) groups is 1. The van der Waals surface area contributed by atoms with E-state index in [1.54, 1.807) is 24.4 Å². The highest BCUT2D eigenvalue weighted by molar-refractivity contribution is 6.28. The molecule has 1 aromatic carbocycles. The molecule has 0 saturated carbocycles. The van der Waals surface area contributed by atoms with Crippen LogP contribution in [0.2, 0.25) is 5.28 Å². The second-order valence-electron chi connectivity index (χ2n) is 7.05. The van der Waals surface area contributed by atoms with E-state index in [1.807, 2.05) is 17.0 Å². The monoisotopic (exact) mass is 401 g/mol. The lowest BCUT2D eigenvalue weighted by Crippen LogP contribution is -2.58. The molecule has 1 aliphatic rings. The number of primary amides is 1. The summed E-state index contributed by atoms with van der Waals surface area (Å²) in [6.45, 7) is 6.36. The van der Waals surface area contributed by atoms with Crippen LogP contribution in [-0.2, 0) is 0 Å². The number of benzene rings is 1. The highest BCUT2D eigenvalue weighted by Gasteiger charge is 2.31. The molecule has 2 heterocycles. The van der Waals surface area contributed by atoms with Crippen molar-refractivity contribution in [2.45, 2.75) is 19.9 Å². The number of hydrogen-bond donors (Lipinski definition) is 3. The molecule has 1 saturated heterocycles. The van der Waals surface area contributed by atoms with Gasteiger partial charge in [-0.1, -0.05) is 19.9 Å². The van der Waals surface area contributed by atoms with Crippen LogP contribution in [0.4, 0.5) is 11.5 Å². The summed E-state index contributed by atoms with van der Waals surface area (Å²) in [5.41, 5.74) is 6.41. The van der Waals surface area contributed by atoms with Crippen LogP contribution < -0.4 is 16.0 Å². The fourth-order valence-corrected chi connectivity index (χ4v) is 3.47. The average molecular weight is 402 g/mol. The average Bonchev–Trinajstić information content (AvgIpc) is 2.67. The molecular formula is C19H24ClN7O. The van der Waals surface area contributed by atoms with Crippen LogP contribution in [0.25, 0.3) is 0 Å². The van der Waals surface area contributed by atoms with Crippen molar-refractivity contribution in [2.75, 3.05) is 29.9 Å². The van der Waals surface area contributed by atoms with Crippen molar-refractivity contribution in [1.29, 1.82) is 5.41 Å². The lowest BCUT2D eigenvalue weighted by atomic mass is 9.99. The summed E-state index contributed by atoms with van der Waals surface area (Å²) in [6, 6.07) is 8.82. The maximum Gasteiger partial charge on any atom is 0.248 e. The quantitative estimate of drug-likeness (QED) is 0.412. The van der Waals surface area contributed by atoms with Gasteiger partial charge in [-0.25, -0.2) is 9.97 Å². The van der Waals surface area contributed by atoms with E-state index >= 15 is 0 Å². The van der Waals surface area contributed by atoms with E-state index in [0.29, 0.717) is 36.2 Å². The molecule has 1 amide bonds. The zero-order valence-electron chi connectivity index (χ0n) is 15.9. The number of halogens is 1. The first kappa shape index (κ1) is 19.9. The van der Waals surface area contributed by atoms with Crippen LogP contribution in [0.3, 0.4) is 0 Å². The van der Waals surface area contributed by atoms with E-state index in [2.05, 4.69) is 34.0 Å². The Morgan fingerprint density at radius 2 is 2.14 bits per heavy atom. The Bertz CT molecular complexity index is 873. The molecule has 2 aromatic rings. The van der Waals surface area contributed by atoms with E-state index in [0.717, 1.165) is 12.4 Å². The van der Waals surface area contributed by atoms with Crippen LogP contribution in [0.15, 0.2) is 36.5 Å².